The van der Waals surface area contributed by atoms with E-state index in [0.29, 0.717) is 29.4 Å². The summed E-state index contributed by atoms with van der Waals surface area (Å²) in [7, 11) is 7.24. The molecule has 0 saturated carbocycles. The van der Waals surface area contributed by atoms with Gasteiger partial charge in [-0.1, -0.05) is 65.9 Å². The molecule has 0 saturated heterocycles. The van der Waals surface area contributed by atoms with Crippen molar-refractivity contribution in [2.24, 2.45) is 0 Å². The third-order valence-corrected chi connectivity index (χ3v) is 6.71. The second-order valence-electron chi connectivity index (χ2n) is 8.23. The van der Waals surface area contributed by atoms with Crippen molar-refractivity contribution in [1.29, 1.82) is 0 Å². The van der Waals surface area contributed by atoms with Crippen LogP contribution in [-0.4, -0.2) is 57.2 Å². The Balaban J connectivity index is 1.61. The predicted octanol–water partition coefficient (Wildman–Crippen LogP) is 5.12. The summed E-state index contributed by atoms with van der Waals surface area (Å²) < 4.78 is 11.9. The van der Waals surface area contributed by atoms with Crippen molar-refractivity contribution in [3.05, 3.63) is 72.3 Å². The summed E-state index contributed by atoms with van der Waals surface area (Å²) in [5.74, 6) is 1.39. The molecular formula is C27H29N3O3S. The largest absolute Gasteiger partial charge is 0.495 e. The summed E-state index contributed by atoms with van der Waals surface area (Å²) in [5, 5.41) is 0.644. The maximum absolute atomic E-state index is 13.5. The van der Waals surface area contributed by atoms with Gasteiger partial charge in [-0.3, -0.25) is 9.69 Å². The van der Waals surface area contributed by atoms with Crippen LogP contribution < -0.4 is 14.4 Å². The first-order chi connectivity index (χ1) is 16.5. The van der Waals surface area contributed by atoms with E-state index in [1.807, 2.05) is 56.6 Å². The molecule has 0 aliphatic heterocycles. The number of anilines is 1. The highest BCUT2D eigenvalue weighted by molar-refractivity contribution is 7.22. The number of likely N-dealkylation sites (N-methyl/N-ethyl adjacent to an activating group) is 1. The monoisotopic (exact) mass is 475 g/mol. The molecule has 6 nitrogen and oxygen atoms in total. The smallest absolute Gasteiger partial charge is 0.233 e. The zero-order valence-electron chi connectivity index (χ0n) is 19.9. The van der Waals surface area contributed by atoms with E-state index in [2.05, 4.69) is 29.2 Å². The van der Waals surface area contributed by atoms with Gasteiger partial charge < -0.3 is 14.4 Å². The first-order valence-electron chi connectivity index (χ1n) is 11.1. The van der Waals surface area contributed by atoms with Crippen LogP contribution in [0.5, 0.6) is 11.5 Å². The Morgan fingerprint density at radius 2 is 1.50 bits per heavy atom. The number of thiazole rings is 1. The van der Waals surface area contributed by atoms with Crippen LogP contribution in [0.3, 0.4) is 0 Å². The van der Waals surface area contributed by atoms with Crippen LogP contribution in [-0.2, 0) is 11.2 Å². The summed E-state index contributed by atoms with van der Waals surface area (Å²) in [6.07, 6.45) is 0.298. The molecule has 0 aliphatic carbocycles. The van der Waals surface area contributed by atoms with Crippen molar-refractivity contribution < 1.29 is 14.3 Å². The lowest BCUT2D eigenvalue weighted by Crippen LogP contribution is -2.37. The van der Waals surface area contributed by atoms with E-state index in [9.17, 15) is 4.79 Å². The van der Waals surface area contributed by atoms with Crippen LogP contribution in [0, 0.1) is 0 Å². The van der Waals surface area contributed by atoms with Gasteiger partial charge in [0.2, 0.25) is 5.91 Å². The van der Waals surface area contributed by atoms with E-state index < -0.39 is 0 Å². The van der Waals surface area contributed by atoms with Crippen LogP contribution in [0.15, 0.2) is 66.7 Å². The molecule has 1 heterocycles. The number of carbonyl (C=O) groups is 1. The van der Waals surface area contributed by atoms with Crippen molar-refractivity contribution in [1.82, 2.24) is 9.88 Å². The molecule has 0 fully saturated rings. The standard InChI is InChI=1S/C27H29N3O3S/c1-29(2)16-17-30(27-28-25-22(32-3)14-15-23(33-4)26(25)34-27)24(31)18-19-10-12-21(13-11-19)20-8-6-5-7-9-20/h5-15H,16-18H2,1-4H3. The molecule has 3 aromatic carbocycles. The molecule has 7 heteroatoms. The third-order valence-electron chi connectivity index (χ3n) is 5.62. The number of aromatic nitrogens is 1. The van der Waals surface area contributed by atoms with Crippen molar-refractivity contribution in [2.75, 3.05) is 46.3 Å². The van der Waals surface area contributed by atoms with Gasteiger partial charge in [-0.05, 0) is 42.9 Å². The van der Waals surface area contributed by atoms with Gasteiger partial charge in [0.05, 0.1) is 20.6 Å². The third kappa shape index (κ3) is 5.21. The summed E-state index contributed by atoms with van der Waals surface area (Å²) in [6.45, 7) is 1.27. The Labute approximate surface area is 204 Å². The molecule has 4 aromatic rings. The molecule has 4 rings (SSSR count). The van der Waals surface area contributed by atoms with E-state index in [0.717, 1.165) is 33.7 Å². The Morgan fingerprint density at radius 1 is 0.853 bits per heavy atom. The molecule has 34 heavy (non-hydrogen) atoms. The molecule has 0 N–H and O–H groups in total. The average molecular weight is 476 g/mol. The number of hydrogen-bond acceptors (Lipinski definition) is 6. The number of ether oxygens (including phenoxy) is 2. The highest BCUT2D eigenvalue weighted by atomic mass is 32.1. The van der Waals surface area contributed by atoms with Crippen molar-refractivity contribution >= 4 is 32.6 Å². The van der Waals surface area contributed by atoms with E-state index in [-0.39, 0.29) is 5.91 Å². The van der Waals surface area contributed by atoms with Crippen molar-refractivity contribution in [2.45, 2.75) is 6.42 Å². The molecule has 1 amide bonds. The maximum Gasteiger partial charge on any atom is 0.233 e. The average Bonchev–Trinajstić information content (AvgIpc) is 3.29. The fraction of sp³-hybridized carbons (Fsp3) is 0.259. The number of fused-ring (bicyclic) bond motifs is 1. The number of methoxy groups -OCH3 is 2. The van der Waals surface area contributed by atoms with Gasteiger partial charge in [0.1, 0.15) is 21.7 Å². The fourth-order valence-electron chi connectivity index (χ4n) is 3.73. The van der Waals surface area contributed by atoms with Crippen LogP contribution in [0.25, 0.3) is 21.3 Å². The Bertz CT molecular complexity index is 1210. The molecule has 0 unspecified atom stereocenters. The highest BCUT2D eigenvalue weighted by Gasteiger charge is 2.23. The number of benzene rings is 3. The number of amides is 1. The fourth-order valence-corrected chi connectivity index (χ4v) is 4.85. The van der Waals surface area contributed by atoms with E-state index in [1.165, 1.54) is 11.3 Å². The Morgan fingerprint density at radius 3 is 2.15 bits per heavy atom. The van der Waals surface area contributed by atoms with Gasteiger partial charge >= 0.3 is 0 Å². The summed E-state index contributed by atoms with van der Waals surface area (Å²) in [5.41, 5.74) is 3.96. The minimum Gasteiger partial charge on any atom is -0.495 e. The number of rotatable bonds is 9. The summed E-state index contributed by atoms with van der Waals surface area (Å²) in [6, 6.07) is 22.1. The molecule has 176 valence electrons. The molecule has 0 radical (unpaired) electrons. The van der Waals surface area contributed by atoms with Gasteiger partial charge in [0, 0.05) is 13.1 Å². The summed E-state index contributed by atoms with van der Waals surface area (Å²) in [4.78, 5) is 22.1. The minimum absolute atomic E-state index is 0.00583. The van der Waals surface area contributed by atoms with Crippen LogP contribution >= 0.6 is 11.3 Å². The zero-order valence-corrected chi connectivity index (χ0v) is 20.8. The zero-order chi connectivity index (χ0) is 24.1. The van der Waals surface area contributed by atoms with Crippen LogP contribution in [0.4, 0.5) is 5.13 Å². The van der Waals surface area contributed by atoms with Crippen LogP contribution in [0.2, 0.25) is 0 Å². The maximum atomic E-state index is 13.5. The molecule has 0 spiro atoms. The highest BCUT2D eigenvalue weighted by Crippen LogP contribution is 2.40. The topological polar surface area (TPSA) is 54.9 Å². The molecule has 1 aromatic heterocycles. The summed E-state index contributed by atoms with van der Waals surface area (Å²) >= 11 is 1.45. The van der Waals surface area contributed by atoms with Gasteiger partial charge in [-0.15, -0.1) is 0 Å². The lowest BCUT2D eigenvalue weighted by molar-refractivity contribution is -0.118. The lowest BCUT2D eigenvalue weighted by atomic mass is 10.0. The number of carbonyl (C=O) groups excluding carboxylic acids is 1. The van der Waals surface area contributed by atoms with Crippen molar-refractivity contribution in [3.63, 3.8) is 0 Å². The van der Waals surface area contributed by atoms with Gasteiger partial charge in [-0.2, -0.15) is 0 Å². The Hall–Kier alpha value is -3.42. The molecule has 0 bridgehead atoms. The molecule has 0 atom stereocenters. The molecular weight excluding hydrogens is 446 g/mol. The van der Waals surface area contributed by atoms with E-state index >= 15 is 0 Å². The second-order valence-corrected chi connectivity index (χ2v) is 9.21. The first-order valence-corrected chi connectivity index (χ1v) is 11.9. The number of hydrogen-bond donors (Lipinski definition) is 0. The lowest BCUT2D eigenvalue weighted by Gasteiger charge is -2.22. The second kappa shape index (κ2) is 10.7. The molecule has 0 aliphatic rings. The van der Waals surface area contributed by atoms with Gasteiger partial charge in [0.15, 0.2) is 5.13 Å². The first kappa shape index (κ1) is 23.7. The number of nitrogens with zero attached hydrogens (tertiary/aromatic N) is 3. The SMILES string of the molecule is COc1ccc(OC)c2sc(N(CCN(C)C)C(=O)Cc3ccc(-c4ccccc4)cc3)nc12. The van der Waals surface area contributed by atoms with E-state index in [1.54, 1.807) is 19.1 Å². The predicted molar refractivity (Wildman–Crippen MR) is 139 cm³/mol. The van der Waals surface area contributed by atoms with Gasteiger partial charge in [-0.25, -0.2) is 4.98 Å². The quantitative estimate of drug-likeness (QED) is 0.336. The van der Waals surface area contributed by atoms with Crippen LogP contribution in [0.1, 0.15) is 5.56 Å². The minimum atomic E-state index is 0.00583. The Kier molecular flexibility index (Phi) is 7.45. The van der Waals surface area contributed by atoms with E-state index in [4.69, 9.17) is 14.5 Å². The van der Waals surface area contributed by atoms with Crippen molar-refractivity contribution in [3.8, 4) is 22.6 Å². The van der Waals surface area contributed by atoms with Gasteiger partial charge in [0.25, 0.3) is 0 Å². The normalized spacial score (nSPS) is 11.1.